The van der Waals surface area contributed by atoms with Crippen molar-refractivity contribution in [3.8, 4) is 5.75 Å². The second kappa shape index (κ2) is 5.39. The van der Waals surface area contributed by atoms with Gasteiger partial charge in [0.25, 0.3) is 0 Å². The minimum absolute atomic E-state index is 0.321. The minimum atomic E-state index is -4.43. The minimum Gasteiger partial charge on any atom is -0.490 e. The van der Waals surface area contributed by atoms with Crippen LogP contribution in [0.25, 0.3) is 0 Å². The Balaban J connectivity index is 2.85. The zero-order valence-electron chi connectivity index (χ0n) is 9.74. The lowest BCUT2D eigenvalue weighted by atomic mass is 10.1. The predicted molar refractivity (Wildman–Crippen MR) is 56.8 cm³/mol. The summed E-state index contributed by atoms with van der Waals surface area (Å²) in [6, 6.07) is -2.91. The van der Waals surface area contributed by atoms with Crippen LogP contribution in [-0.4, -0.2) is 28.6 Å². The van der Waals surface area contributed by atoms with Crippen LogP contribution < -0.4 is 10.5 Å². The van der Waals surface area contributed by atoms with E-state index in [9.17, 15) is 13.2 Å². The lowest BCUT2D eigenvalue weighted by Gasteiger charge is -2.23. The third-order valence-corrected chi connectivity index (χ3v) is 2.17. The molecule has 0 spiro atoms. The van der Waals surface area contributed by atoms with Crippen LogP contribution in [-0.2, 0) is 0 Å². The highest BCUT2D eigenvalue weighted by molar-refractivity contribution is 5.12. The maximum Gasteiger partial charge on any atom is 0.412 e. The van der Waals surface area contributed by atoms with Crippen molar-refractivity contribution >= 4 is 0 Å². The Labute approximate surface area is 97.5 Å². The normalized spacial score (nSPS) is 15.6. The molecular formula is C10H16F3N3O. The van der Waals surface area contributed by atoms with Gasteiger partial charge in [-0.15, -0.1) is 0 Å². The molecule has 0 saturated carbocycles. The number of aromatic nitrogens is 2. The molecule has 4 nitrogen and oxygen atoms in total. The Morgan fingerprint density at radius 3 is 2.65 bits per heavy atom. The molecule has 0 saturated heterocycles. The third-order valence-electron chi connectivity index (χ3n) is 2.17. The smallest absolute Gasteiger partial charge is 0.412 e. The number of alkyl halides is 3. The molecule has 0 amide bonds. The second-order valence-electron chi connectivity index (χ2n) is 3.85. The molecule has 2 unspecified atom stereocenters. The van der Waals surface area contributed by atoms with E-state index >= 15 is 0 Å². The van der Waals surface area contributed by atoms with E-state index in [0.29, 0.717) is 12.4 Å². The number of nitrogens with zero attached hydrogens (tertiary/aromatic N) is 2. The highest BCUT2D eigenvalue weighted by Crippen LogP contribution is 2.32. The molecule has 0 fully saturated rings. The van der Waals surface area contributed by atoms with Gasteiger partial charge in [-0.1, -0.05) is 6.92 Å². The summed E-state index contributed by atoms with van der Waals surface area (Å²) < 4.78 is 44.2. The summed E-state index contributed by atoms with van der Waals surface area (Å²) in [6.45, 7) is 3.65. The van der Waals surface area contributed by atoms with Crippen LogP contribution in [0.5, 0.6) is 5.75 Å². The van der Waals surface area contributed by atoms with Crippen LogP contribution >= 0.6 is 0 Å². The van der Waals surface area contributed by atoms with Crippen LogP contribution in [0.2, 0.25) is 0 Å². The van der Waals surface area contributed by atoms with Gasteiger partial charge in [-0.3, -0.25) is 4.68 Å². The SMILES string of the molecule is CCCOc1cnn(C(C(C)N)C(F)(F)F)c1. The Morgan fingerprint density at radius 1 is 1.53 bits per heavy atom. The molecule has 2 atom stereocenters. The highest BCUT2D eigenvalue weighted by Gasteiger charge is 2.44. The molecule has 1 aromatic heterocycles. The van der Waals surface area contributed by atoms with Crippen molar-refractivity contribution in [1.29, 1.82) is 0 Å². The fourth-order valence-corrected chi connectivity index (χ4v) is 1.46. The molecule has 0 bridgehead atoms. The fraction of sp³-hybridized carbons (Fsp3) is 0.700. The van der Waals surface area contributed by atoms with Crippen molar-refractivity contribution in [2.24, 2.45) is 5.73 Å². The van der Waals surface area contributed by atoms with Gasteiger partial charge in [0.1, 0.15) is 0 Å². The molecule has 0 aliphatic rings. The van der Waals surface area contributed by atoms with Crippen molar-refractivity contribution in [3.63, 3.8) is 0 Å². The Hall–Kier alpha value is -1.24. The molecule has 17 heavy (non-hydrogen) atoms. The summed E-state index contributed by atoms with van der Waals surface area (Å²) in [5.74, 6) is 0.321. The van der Waals surface area contributed by atoms with Gasteiger partial charge in [0.2, 0.25) is 0 Å². The fourth-order valence-electron chi connectivity index (χ4n) is 1.46. The maximum absolute atomic E-state index is 12.7. The maximum atomic E-state index is 12.7. The average molecular weight is 251 g/mol. The summed E-state index contributed by atoms with van der Waals surface area (Å²) >= 11 is 0. The molecule has 7 heteroatoms. The van der Waals surface area contributed by atoms with Gasteiger partial charge in [-0.05, 0) is 13.3 Å². The second-order valence-corrected chi connectivity index (χ2v) is 3.85. The van der Waals surface area contributed by atoms with Gasteiger partial charge >= 0.3 is 6.18 Å². The number of rotatable bonds is 5. The molecular weight excluding hydrogens is 235 g/mol. The molecule has 0 aliphatic heterocycles. The Morgan fingerprint density at radius 2 is 2.18 bits per heavy atom. The molecule has 2 N–H and O–H groups in total. The third kappa shape index (κ3) is 3.62. The van der Waals surface area contributed by atoms with E-state index in [1.807, 2.05) is 6.92 Å². The van der Waals surface area contributed by atoms with E-state index in [0.717, 1.165) is 11.1 Å². The summed E-state index contributed by atoms with van der Waals surface area (Å²) in [6.07, 6.45) is -1.17. The first-order valence-electron chi connectivity index (χ1n) is 5.35. The van der Waals surface area contributed by atoms with Gasteiger partial charge in [-0.25, -0.2) is 0 Å². The van der Waals surface area contributed by atoms with Crippen molar-refractivity contribution < 1.29 is 17.9 Å². The van der Waals surface area contributed by atoms with E-state index in [-0.39, 0.29) is 0 Å². The first-order chi connectivity index (χ1) is 7.86. The monoisotopic (exact) mass is 251 g/mol. The number of hydrogen-bond acceptors (Lipinski definition) is 3. The largest absolute Gasteiger partial charge is 0.490 e. The molecule has 0 aromatic carbocycles. The zero-order chi connectivity index (χ0) is 13.1. The molecule has 1 rings (SSSR count). The average Bonchev–Trinajstić information content (AvgIpc) is 2.60. The lowest BCUT2D eigenvalue weighted by Crippen LogP contribution is -2.40. The van der Waals surface area contributed by atoms with E-state index in [4.69, 9.17) is 10.5 Å². The van der Waals surface area contributed by atoms with Crippen molar-refractivity contribution in [3.05, 3.63) is 12.4 Å². The molecule has 0 radical (unpaired) electrons. The molecule has 1 aromatic rings. The first-order valence-corrected chi connectivity index (χ1v) is 5.35. The molecule has 1 heterocycles. The van der Waals surface area contributed by atoms with Crippen LogP contribution in [0.4, 0.5) is 13.2 Å². The molecule has 0 aliphatic carbocycles. The number of hydrogen-bond donors (Lipinski definition) is 1. The van der Waals surface area contributed by atoms with Gasteiger partial charge in [-0.2, -0.15) is 18.3 Å². The van der Waals surface area contributed by atoms with Crippen molar-refractivity contribution in [1.82, 2.24) is 9.78 Å². The van der Waals surface area contributed by atoms with E-state index < -0.39 is 18.3 Å². The topological polar surface area (TPSA) is 53.1 Å². The highest BCUT2D eigenvalue weighted by atomic mass is 19.4. The molecule has 98 valence electrons. The number of ether oxygens (including phenoxy) is 1. The first kappa shape index (κ1) is 13.8. The van der Waals surface area contributed by atoms with Crippen LogP contribution in [0.3, 0.4) is 0 Å². The van der Waals surface area contributed by atoms with Gasteiger partial charge < -0.3 is 10.5 Å². The summed E-state index contributed by atoms with van der Waals surface area (Å²) in [7, 11) is 0. The summed E-state index contributed by atoms with van der Waals surface area (Å²) in [5.41, 5.74) is 5.34. The lowest BCUT2D eigenvalue weighted by molar-refractivity contribution is -0.174. The standard InChI is InChI=1S/C10H16F3N3O/c1-3-4-17-8-5-15-16(6-8)9(7(2)14)10(11,12)13/h5-7,9H,3-4,14H2,1-2H3. The van der Waals surface area contributed by atoms with E-state index in [1.165, 1.54) is 19.3 Å². The summed E-state index contributed by atoms with van der Waals surface area (Å²) in [4.78, 5) is 0. The van der Waals surface area contributed by atoms with Crippen LogP contribution in [0.15, 0.2) is 12.4 Å². The van der Waals surface area contributed by atoms with Gasteiger partial charge in [0.15, 0.2) is 11.8 Å². The zero-order valence-corrected chi connectivity index (χ0v) is 9.74. The quantitative estimate of drug-likeness (QED) is 0.872. The Kier molecular flexibility index (Phi) is 4.39. The van der Waals surface area contributed by atoms with E-state index in [2.05, 4.69) is 5.10 Å². The number of nitrogens with two attached hydrogens (primary N) is 1. The number of halogens is 3. The van der Waals surface area contributed by atoms with Crippen molar-refractivity contribution in [2.75, 3.05) is 6.61 Å². The van der Waals surface area contributed by atoms with E-state index in [1.54, 1.807) is 0 Å². The van der Waals surface area contributed by atoms with Gasteiger partial charge in [0, 0.05) is 6.04 Å². The Bertz CT molecular complexity index is 349. The van der Waals surface area contributed by atoms with Crippen LogP contribution in [0, 0.1) is 0 Å². The van der Waals surface area contributed by atoms with Crippen molar-refractivity contribution in [2.45, 2.75) is 38.5 Å². The van der Waals surface area contributed by atoms with Crippen LogP contribution in [0.1, 0.15) is 26.3 Å². The van der Waals surface area contributed by atoms with Gasteiger partial charge in [0.05, 0.1) is 19.0 Å². The summed E-state index contributed by atoms with van der Waals surface area (Å²) in [5, 5.41) is 3.65. The predicted octanol–water partition coefficient (Wildman–Crippen LogP) is 2.12.